The molecule has 3 nitrogen and oxygen atoms in total. The monoisotopic (exact) mass is 335 g/mol. The van der Waals surface area contributed by atoms with E-state index >= 15 is 0 Å². The van der Waals surface area contributed by atoms with Crippen LogP contribution in [0.4, 0.5) is 5.69 Å². The lowest BCUT2D eigenvalue weighted by atomic mass is 10.0. The molecule has 0 heterocycles. The van der Waals surface area contributed by atoms with E-state index in [1.54, 1.807) is 0 Å². The number of hydrogen-bond donors (Lipinski definition) is 0. The van der Waals surface area contributed by atoms with E-state index in [2.05, 4.69) is 0 Å². The number of rotatable bonds is 2. The Morgan fingerprint density at radius 3 is 2.00 bits per heavy atom. The third-order valence-corrected chi connectivity index (χ3v) is 3.57. The van der Waals surface area contributed by atoms with Crippen LogP contribution in [0.15, 0.2) is 30.3 Å². The summed E-state index contributed by atoms with van der Waals surface area (Å²) < 4.78 is 0. The molecule has 0 unspecified atom stereocenters. The van der Waals surface area contributed by atoms with Gasteiger partial charge in [-0.2, -0.15) is 0 Å². The Hall–Kier alpha value is -1.000. The quantitative estimate of drug-likeness (QED) is 0.508. The smallest absolute Gasteiger partial charge is 0.258 e. The van der Waals surface area contributed by atoms with Gasteiger partial charge in [0, 0.05) is 16.7 Å². The van der Waals surface area contributed by atoms with Crippen molar-refractivity contribution in [2.24, 2.45) is 0 Å². The number of benzene rings is 2. The molecule has 0 spiro atoms. The van der Waals surface area contributed by atoms with E-state index in [1.807, 2.05) is 0 Å². The lowest BCUT2D eigenvalue weighted by molar-refractivity contribution is -0.384. The highest BCUT2D eigenvalue weighted by Crippen LogP contribution is 2.44. The molecule has 0 aliphatic heterocycles. The van der Waals surface area contributed by atoms with Gasteiger partial charge < -0.3 is 0 Å². The van der Waals surface area contributed by atoms with Gasteiger partial charge in [-0.05, 0) is 18.2 Å². The Labute approximate surface area is 128 Å². The van der Waals surface area contributed by atoms with Gasteiger partial charge in [-0.25, -0.2) is 0 Å². The molecule has 0 aliphatic carbocycles. The van der Waals surface area contributed by atoms with Crippen molar-refractivity contribution in [3.8, 4) is 11.1 Å². The van der Waals surface area contributed by atoms with Crippen molar-refractivity contribution < 1.29 is 4.92 Å². The second-order valence-corrected chi connectivity index (χ2v) is 5.29. The van der Waals surface area contributed by atoms with Gasteiger partial charge in [0.1, 0.15) is 0 Å². The maximum Gasteiger partial charge on any atom is 0.278 e. The van der Waals surface area contributed by atoms with Crippen LogP contribution in [0.2, 0.25) is 20.1 Å². The number of nitrogens with zero attached hydrogens (tertiary/aromatic N) is 1. The first-order valence-electron chi connectivity index (χ1n) is 4.99. The van der Waals surface area contributed by atoms with Crippen LogP contribution in [-0.2, 0) is 0 Å². The van der Waals surface area contributed by atoms with Crippen molar-refractivity contribution in [2.75, 3.05) is 0 Å². The summed E-state index contributed by atoms with van der Waals surface area (Å²) in [6, 6.07) is 7.27. The second-order valence-electron chi connectivity index (χ2n) is 3.64. The molecule has 0 bridgehead atoms. The zero-order chi connectivity index (χ0) is 14.2. The van der Waals surface area contributed by atoms with Crippen LogP contribution >= 0.6 is 46.4 Å². The van der Waals surface area contributed by atoms with Gasteiger partial charge in [-0.3, -0.25) is 10.1 Å². The van der Waals surface area contributed by atoms with Crippen molar-refractivity contribution in [2.45, 2.75) is 0 Å². The fourth-order valence-corrected chi connectivity index (χ4v) is 2.96. The minimum atomic E-state index is -0.539. The van der Waals surface area contributed by atoms with Crippen LogP contribution in [0.1, 0.15) is 0 Å². The van der Waals surface area contributed by atoms with E-state index in [-0.39, 0.29) is 26.3 Å². The van der Waals surface area contributed by atoms with Crippen molar-refractivity contribution in [1.29, 1.82) is 0 Å². The Kier molecular flexibility index (Phi) is 4.21. The van der Waals surface area contributed by atoms with Gasteiger partial charge in [-0.1, -0.05) is 52.5 Å². The summed E-state index contributed by atoms with van der Waals surface area (Å²) in [6.07, 6.45) is 0. The average molecular weight is 337 g/mol. The van der Waals surface area contributed by atoms with Crippen molar-refractivity contribution in [1.82, 2.24) is 0 Å². The molecular weight excluding hydrogens is 332 g/mol. The highest BCUT2D eigenvalue weighted by atomic mass is 35.5. The third kappa shape index (κ3) is 2.79. The normalized spacial score (nSPS) is 10.5. The van der Waals surface area contributed by atoms with Gasteiger partial charge in [0.15, 0.2) is 0 Å². The molecule has 98 valence electrons. The fraction of sp³-hybridized carbons (Fsp3) is 0. The van der Waals surface area contributed by atoms with Crippen LogP contribution in [0.3, 0.4) is 0 Å². The average Bonchev–Trinajstić information content (AvgIpc) is 2.29. The SMILES string of the molecule is O=[N+]([O-])c1cccc(Cl)c1-c1c(Cl)cc(Cl)cc1Cl. The lowest BCUT2D eigenvalue weighted by Gasteiger charge is -2.10. The van der Waals surface area contributed by atoms with E-state index in [4.69, 9.17) is 46.4 Å². The molecule has 0 radical (unpaired) electrons. The molecule has 0 aromatic heterocycles. The third-order valence-electron chi connectivity index (χ3n) is 2.45. The van der Waals surface area contributed by atoms with E-state index in [0.717, 1.165) is 0 Å². The Morgan fingerprint density at radius 2 is 1.47 bits per heavy atom. The minimum absolute atomic E-state index is 0.168. The highest BCUT2D eigenvalue weighted by Gasteiger charge is 2.23. The highest BCUT2D eigenvalue weighted by molar-refractivity contribution is 6.43. The Bertz CT molecular complexity index is 650. The zero-order valence-electron chi connectivity index (χ0n) is 9.16. The van der Waals surface area contributed by atoms with E-state index in [1.165, 1.54) is 30.3 Å². The van der Waals surface area contributed by atoms with Gasteiger partial charge in [0.2, 0.25) is 0 Å². The Balaban J connectivity index is 2.83. The van der Waals surface area contributed by atoms with Crippen LogP contribution in [0.5, 0.6) is 0 Å². The molecule has 0 N–H and O–H groups in total. The predicted octanol–water partition coefficient (Wildman–Crippen LogP) is 5.88. The minimum Gasteiger partial charge on any atom is -0.258 e. The molecule has 2 aromatic rings. The number of hydrogen-bond acceptors (Lipinski definition) is 2. The number of halogens is 4. The van der Waals surface area contributed by atoms with Crippen LogP contribution in [0.25, 0.3) is 11.1 Å². The van der Waals surface area contributed by atoms with Crippen LogP contribution in [-0.4, -0.2) is 4.92 Å². The molecule has 0 fully saturated rings. The second kappa shape index (κ2) is 5.55. The Morgan fingerprint density at radius 1 is 0.895 bits per heavy atom. The predicted molar refractivity (Wildman–Crippen MR) is 78.6 cm³/mol. The largest absolute Gasteiger partial charge is 0.278 e. The van der Waals surface area contributed by atoms with Crippen LogP contribution in [0, 0.1) is 10.1 Å². The van der Waals surface area contributed by atoms with Gasteiger partial charge in [-0.15, -0.1) is 0 Å². The maximum absolute atomic E-state index is 11.1. The lowest BCUT2D eigenvalue weighted by Crippen LogP contribution is -1.94. The molecule has 0 amide bonds. The van der Waals surface area contributed by atoms with Gasteiger partial charge in [0.25, 0.3) is 5.69 Å². The first kappa shape index (κ1) is 14.4. The summed E-state index contributed by atoms with van der Waals surface area (Å²) in [5, 5.41) is 12.0. The van der Waals surface area contributed by atoms with Crippen LogP contribution < -0.4 is 0 Å². The molecular formula is C12H5Cl4NO2. The van der Waals surface area contributed by atoms with Crippen molar-refractivity contribution in [3.05, 3.63) is 60.5 Å². The number of nitro groups is 1. The summed E-state index contributed by atoms with van der Waals surface area (Å²) in [5.74, 6) is 0. The molecule has 0 saturated carbocycles. The molecule has 19 heavy (non-hydrogen) atoms. The van der Waals surface area contributed by atoms with E-state index < -0.39 is 4.92 Å². The molecule has 7 heteroatoms. The zero-order valence-corrected chi connectivity index (χ0v) is 12.2. The van der Waals surface area contributed by atoms with Gasteiger partial charge >= 0.3 is 0 Å². The summed E-state index contributed by atoms with van der Waals surface area (Å²) in [7, 11) is 0. The first-order chi connectivity index (χ1) is 8.91. The van der Waals surface area contributed by atoms with Crippen molar-refractivity contribution >= 4 is 52.1 Å². The van der Waals surface area contributed by atoms with Gasteiger partial charge in [0.05, 0.1) is 25.6 Å². The molecule has 0 saturated heterocycles. The van der Waals surface area contributed by atoms with E-state index in [9.17, 15) is 10.1 Å². The first-order valence-corrected chi connectivity index (χ1v) is 6.51. The summed E-state index contributed by atoms with van der Waals surface area (Å²) in [6.45, 7) is 0. The molecule has 0 aliphatic rings. The number of nitro benzene ring substituents is 1. The topological polar surface area (TPSA) is 43.1 Å². The summed E-state index contributed by atoms with van der Waals surface area (Å²) in [4.78, 5) is 10.5. The van der Waals surface area contributed by atoms with E-state index in [0.29, 0.717) is 10.6 Å². The molecule has 0 atom stereocenters. The maximum atomic E-state index is 11.1. The van der Waals surface area contributed by atoms with Crippen molar-refractivity contribution in [3.63, 3.8) is 0 Å². The standard InChI is InChI=1S/C12H5Cl4NO2/c13-6-4-8(15)11(9(16)5-6)12-7(14)2-1-3-10(12)17(18)19/h1-5H. The molecule has 2 rings (SSSR count). The summed E-state index contributed by atoms with van der Waals surface area (Å²) in [5.41, 5.74) is 0.310. The fourth-order valence-electron chi connectivity index (χ4n) is 1.69. The summed E-state index contributed by atoms with van der Waals surface area (Å²) >= 11 is 24.0. The molecule has 2 aromatic carbocycles.